The zero-order valence-corrected chi connectivity index (χ0v) is 15.5. The second kappa shape index (κ2) is 7.40. The molecule has 1 amide bonds. The molecular formula is C20H28N4O. The molecule has 1 saturated heterocycles. The molecule has 0 unspecified atom stereocenters. The van der Waals surface area contributed by atoms with Crippen molar-refractivity contribution in [1.82, 2.24) is 14.7 Å². The molecule has 1 aliphatic heterocycles. The van der Waals surface area contributed by atoms with Gasteiger partial charge >= 0.3 is 0 Å². The highest BCUT2D eigenvalue weighted by molar-refractivity contribution is 5.73. The Labute approximate surface area is 149 Å². The number of primary amides is 1. The molecule has 2 heterocycles. The van der Waals surface area contributed by atoms with E-state index < -0.39 is 0 Å². The van der Waals surface area contributed by atoms with E-state index in [4.69, 9.17) is 5.73 Å². The first kappa shape index (κ1) is 17.7. The van der Waals surface area contributed by atoms with E-state index in [1.54, 1.807) is 0 Å². The van der Waals surface area contributed by atoms with Crippen LogP contribution in [-0.4, -0.2) is 33.7 Å². The molecule has 1 fully saturated rings. The number of nitrogens with two attached hydrogens (primary N) is 1. The van der Waals surface area contributed by atoms with Crippen molar-refractivity contribution in [2.75, 3.05) is 13.1 Å². The minimum Gasteiger partial charge on any atom is -0.370 e. The number of rotatable bonds is 6. The zero-order chi connectivity index (χ0) is 18.0. The highest BCUT2D eigenvalue weighted by Gasteiger charge is 2.20. The SMILES string of the molecule is Cc1nn(CCC(N)=O)c(C)c1-c1cccc([C@H](C)N2CCCC2)c1. The predicted molar refractivity (Wildman–Crippen MR) is 100 cm³/mol. The van der Waals surface area contributed by atoms with Crippen LogP contribution >= 0.6 is 0 Å². The molecule has 0 saturated carbocycles. The Balaban J connectivity index is 1.89. The summed E-state index contributed by atoms with van der Waals surface area (Å²) in [5, 5.41) is 4.61. The van der Waals surface area contributed by atoms with Gasteiger partial charge in [-0.1, -0.05) is 18.2 Å². The minimum absolute atomic E-state index is 0.296. The lowest BCUT2D eigenvalue weighted by molar-refractivity contribution is -0.118. The van der Waals surface area contributed by atoms with E-state index in [9.17, 15) is 4.79 Å². The average Bonchev–Trinajstić information content (AvgIpc) is 3.21. The summed E-state index contributed by atoms with van der Waals surface area (Å²) in [7, 11) is 0. The smallest absolute Gasteiger partial charge is 0.219 e. The quantitative estimate of drug-likeness (QED) is 0.878. The van der Waals surface area contributed by atoms with Crippen LogP contribution in [0, 0.1) is 13.8 Å². The maximum atomic E-state index is 11.1. The van der Waals surface area contributed by atoms with Crippen LogP contribution in [0.2, 0.25) is 0 Å². The van der Waals surface area contributed by atoms with Crippen molar-refractivity contribution in [3.8, 4) is 11.1 Å². The Morgan fingerprint density at radius 3 is 2.68 bits per heavy atom. The Morgan fingerprint density at radius 1 is 1.28 bits per heavy atom. The molecule has 1 aromatic heterocycles. The van der Waals surface area contributed by atoms with Crippen LogP contribution in [0.5, 0.6) is 0 Å². The third-order valence-corrected chi connectivity index (χ3v) is 5.30. The first-order chi connectivity index (χ1) is 12.0. The number of benzene rings is 1. The number of likely N-dealkylation sites (tertiary alicyclic amines) is 1. The highest BCUT2D eigenvalue weighted by Crippen LogP contribution is 2.31. The predicted octanol–water partition coefficient (Wildman–Crippen LogP) is 3.20. The van der Waals surface area contributed by atoms with E-state index in [0.717, 1.165) is 11.4 Å². The molecule has 5 heteroatoms. The van der Waals surface area contributed by atoms with E-state index in [1.807, 2.05) is 11.6 Å². The summed E-state index contributed by atoms with van der Waals surface area (Å²) in [6.45, 7) is 9.29. The topological polar surface area (TPSA) is 64.2 Å². The van der Waals surface area contributed by atoms with Crippen LogP contribution in [-0.2, 0) is 11.3 Å². The Bertz CT molecular complexity index is 759. The fourth-order valence-corrected chi connectivity index (χ4v) is 3.84. The standard InChI is InChI=1S/C20H28N4O/c1-14-20(16(3)24(22-14)12-9-19(21)25)18-8-6-7-17(13-18)15(2)23-10-4-5-11-23/h6-8,13,15H,4-5,9-12H2,1-3H3,(H2,21,25)/t15-/m0/s1. The van der Waals surface area contributed by atoms with Crippen molar-refractivity contribution in [1.29, 1.82) is 0 Å². The molecule has 1 atom stereocenters. The number of hydrogen-bond donors (Lipinski definition) is 1. The molecule has 0 bridgehead atoms. The van der Waals surface area contributed by atoms with Crippen molar-refractivity contribution >= 4 is 5.91 Å². The van der Waals surface area contributed by atoms with Gasteiger partial charge in [0.1, 0.15) is 0 Å². The zero-order valence-electron chi connectivity index (χ0n) is 15.5. The lowest BCUT2D eigenvalue weighted by Gasteiger charge is -2.24. The third kappa shape index (κ3) is 3.76. The van der Waals surface area contributed by atoms with Gasteiger partial charge in [-0.2, -0.15) is 5.10 Å². The summed E-state index contributed by atoms with van der Waals surface area (Å²) in [4.78, 5) is 13.6. The largest absolute Gasteiger partial charge is 0.370 e. The van der Waals surface area contributed by atoms with Gasteiger partial charge in [-0.05, 0) is 63.9 Å². The Morgan fingerprint density at radius 2 is 2.00 bits per heavy atom. The Hall–Kier alpha value is -2.14. The maximum Gasteiger partial charge on any atom is 0.219 e. The molecule has 0 spiro atoms. The maximum absolute atomic E-state index is 11.1. The highest BCUT2D eigenvalue weighted by atomic mass is 16.1. The molecule has 0 aliphatic carbocycles. The summed E-state index contributed by atoms with van der Waals surface area (Å²) in [6.07, 6.45) is 2.91. The van der Waals surface area contributed by atoms with E-state index in [0.29, 0.717) is 19.0 Å². The van der Waals surface area contributed by atoms with Crippen molar-refractivity contribution in [2.24, 2.45) is 5.73 Å². The first-order valence-corrected chi connectivity index (χ1v) is 9.14. The molecule has 3 rings (SSSR count). The van der Waals surface area contributed by atoms with Gasteiger partial charge in [0.05, 0.1) is 5.69 Å². The molecule has 5 nitrogen and oxygen atoms in total. The van der Waals surface area contributed by atoms with Crippen LogP contribution < -0.4 is 5.73 Å². The lowest BCUT2D eigenvalue weighted by atomic mass is 9.98. The van der Waals surface area contributed by atoms with Crippen LogP contribution in [0.3, 0.4) is 0 Å². The summed E-state index contributed by atoms with van der Waals surface area (Å²) in [5.74, 6) is -0.296. The Kier molecular flexibility index (Phi) is 5.23. The second-order valence-corrected chi connectivity index (χ2v) is 7.03. The summed E-state index contributed by atoms with van der Waals surface area (Å²) in [5.41, 5.74) is 11.1. The summed E-state index contributed by atoms with van der Waals surface area (Å²) >= 11 is 0. The molecule has 2 aromatic rings. The fraction of sp³-hybridized carbons (Fsp3) is 0.500. The van der Waals surface area contributed by atoms with E-state index in [1.165, 1.54) is 42.6 Å². The monoisotopic (exact) mass is 340 g/mol. The molecule has 0 radical (unpaired) electrons. The van der Waals surface area contributed by atoms with Gasteiger partial charge in [-0.15, -0.1) is 0 Å². The minimum atomic E-state index is -0.296. The van der Waals surface area contributed by atoms with Gasteiger partial charge in [0.2, 0.25) is 5.91 Å². The van der Waals surface area contributed by atoms with E-state index in [2.05, 4.69) is 48.1 Å². The van der Waals surface area contributed by atoms with Gasteiger partial charge in [0, 0.05) is 30.3 Å². The molecule has 25 heavy (non-hydrogen) atoms. The molecular weight excluding hydrogens is 312 g/mol. The number of carbonyl (C=O) groups is 1. The molecule has 134 valence electrons. The normalized spacial score (nSPS) is 16.3. The van der Waals surface area contributed by atoms with Gasteiger partial charge in [-0.25, -0.2) is 0 Å². The third-order valence-electron chi connectivity index (χ3n) is 5.30. The van der Waals surface area contributed by atoms with E-state index in [-0.39, 0.29) is 5.91 Å². The first-order valence-electron chi connectivity index (χ1n) is 9.14. The summed E-state index contributed by atoms with van der Waals surface area (Å²) in [6, 6.07) is 9.23. The van der Waals surface area contributed by atoms with Gasteiger partial charge in [0.15, 0.2) is 0 Å². The van der Waals surface area contributed by atoms with Gasteiger partial charge in [-0.3, -0.25) is 14.4 Å². The summed E-state index contributed by atoms with van der Waals surface area (Å²) < 4.78 is 1.89. The number of carbonyl (C=O) groups excluding carboxylic acids is 1. The van der Waals surface area contributed by atoms with Crippen molar-refractivity contribution in [3.63, 3.8) is 0 Å². The molecule has 1 aliphatic rings. The fourth-order valence-electron chi connectivity index (χ4n) is 3.84. The van der Waals surface area contributed by atoms with Crippen LogP contribution in [0.15, 0.2) is 24.3 Å². The van der Waals surface area contributed by atoms with Crippen molar-refractivity contribution < 1.29 is 4.79 Å². The van der Waals surface area contributed by atoms with Crippen molar-refractivity contribution in [2.45, 2.75) is 52.6 Å². The number of hydrogen-bond acceptors (Lipinski definition) is 3. The van der Waals surface area contributed by atoms with Crippen LogP contribution in [0.4, 0.5) is 0 Å². The molecule has 2 N–H and O–H groups in total. The van der Waals surface area contributed by atoms with Crippen molar-refractivity contribution in [3.05, 3.63) is 41.2 Å². The van der Waals surface area contributed by atoms with Crippen LogP contribution in [0.25, 0.3) is 11.1 Å². The lowest BCUT2D eigenvalue weighted by Crippen LogP contribution is -2.23. The number of aromatic nitrogens is 2. The van der Waals surface area contributed by atoms with E-state index >= 15 is 0 Å². The second-order valence-electron chi connectivity index (χ2n) is 7.03. The van der Waals surface area contributed by atoms with Gasteiger partial charge < -0.3 is 5.73 Å². The van der Waals surface area contributed by atoms with Crippen LogP contribution in [0.1, 0.15) is 49.2 Å². The average molecular weight is 340 g/mol. The number of aryl methyl sites for hydroxylation is 2. The number of nitrogens with zero attached hydrogens (tertiary/aromatic N) is 3. The number of amides is 1. The molecule has 1 aromatic carbocycles. The van der Waals surface area contributed by atoms with Gasteiger partial charge in [0.25, 0.3) is 0 Å².